The van der Waals surface area contributed by atoms with Crippen LogP contribution >= 0.6 is 0 Å². The standard InChI is InChI=1S/C7H11NO5/c1-2-7(9)12-5-3-4-6-13-8(10)11/h2H,1,3-6H2. The first-order valence-electron chi connectivity index (χ1n) is 3.73. The summed E-state index contributed by atoms with van der Waals surface area (Å²) in [6.45, 7) is 3.46. The summed E-state index contributed by atoms with van der Waals surface area (Å²) in [6, 6.07) is 0. The average Bonchev–Trinajstić information content (AvgIpc) is 2.10. The minimum absolute atomic E-state index is 0.0264. The molecule has 0 aromatic heterocycles. The predicted octanol–water partition coefficient (Wildman–Crippen LogP) is 0.704. The topological polar surface area (TPSA) is 78.7 Å². The van der Waals surface area contributed by atoms with E-state index in [2.05, 4.69) is 16.2 Å². The lowest BCUT2D eigenvalue weighted by molar-refractivity contribution is -0.757. The summed E-state index contributed by atoms with van der Waals surface area (Å²) in [7, 11) is 0. The van der Waals surface area contributed by atoms with Crippen LogP contribution in [0.2, 0.25) is 0 Å². The number of esters is 1. The lowest BCUT2D eigenvalue weighted by Crippen LogP contribution is -2.05. The Morgan fingerprint density at radius 2 is 2.08 bits per heavy atom. The number of hydrogen-bond acceptors (Lipinski definition) is 5. The van der Waals surface area contributed by atoms with Gasteiger partial charge >= 0.3 is 5.97 Å². The summed E-state index contributed by atoms with van der Waals surface area (Å²) < 4.78 is 4.62. The minimum Gasteiger partial charge on any atom is -0.463 e. The lowest BCUT2D eigenvalue weighted by Gasteiger charge is -2.00. The van der Waals surface area contributed by atoms with E-state index in [4.69, 9.17) is 0 Å². The van der Waals surface area contributed by atoms with Gasteiger partial charge in [-0.05, 0) is 12.8 Å². The second kappa shape index (κ2) is 7.08. The van der Waals surface area contributed by atoms with Crippen LogP contribution in [0, 0.1) is 10.1 Å². The van der Waals surface area contributed by atoms with E-state index in [0.717, 1.165) is 6.08 Å². The van der Waals surface area contributed by atoms with Crippen molar-refractivity contribution in [2.75, 3.05) is 13.2 Å². The van der Waals surface area contributed by atoms with Crippen LogP contribution < -0.4 is 0 Å². The lowest BCUT2D eigenvalue weighted by atomic mass is 10.3. The number of hydrogen-bond donors (Lipinski definition) is 0. The highest BCUT2D eigenvalue weighted by Gasteiger charge is 1.96. The van der Waals surface area contributed by atoms with Crippen molar-refractivity contribution in [3.8, 4) is 0 Å². The van der Waals surface area contributed by atoms with Gasteiger partial charge in [-0.25, -0.2) is 4.79 Å². The van der Waals surface area contributed by atoms with Crippen molar-refractivity contribution < 1.29 is 19.5 Å². The first-order chi connectivity index (χ1) is 6.16. The molecule has 0 N–H and O–H groups in total. The van der Waals surface area contributed by atoms with E-state index in [9.17, 15) is 14.9 Å². The molecule has 74 valence electrons. The molecule has 0 aromatic carbocycles. The molecule has 0 heterocycles. The van der Waals surface area contributed by atoms with Crippen LogP contribution in [0.3, 0.4) is 0 Å². The molecule has 0 aliphatic carbocycles. The number of unbranched alkanes of at least 4 members (excludes halogenated alkanes) is 1. The zero-order valence-corrected chi connectivity index (χ0v) is 7.10. The molecular formula is C7H11NO5. The molecule has 0 rings (SSSR count). The monoisotopic (exact) mass is 189 g/mol. The fraction of sp³-hybridized carbons (Fsp3) is 0.571. The van der Waals surface area contributed by atoms with Gasteiger partial charge in [0.1, 0.15) is 0 Å². The van der Waals surface area contributed by atoms with Gasteiger partial charge < -0.3 is 9.57 Å². The van der Waals surface area contributed by atoms with Gasteiger partial charge in [0.25, 0.3) is 5.09 Å². The van der Waals surface area contributed by atoms with Crippen LogP contribution in [-0.2, 0) is 14.4 Å². The number of carbonyl (C=O) groups excluding carboxylic acids is 1. The van der Waals surface area contributed by atoms with E-state index >= 15 is 0 Å². The van der Waals surface area contributed by atoms with Crippen molar-refractivity contribution in [2.45, 2.75) is 12.8 Å². The van der Waals surface area contributed by atoms with Crippen molar-refractivity contribution in [3.05, 3.63) is 22.8 Å². The second-order valence-electron chi connectivity index (χ2n) is 2.14. The van der Waals surface area contributed by atoms with Gasteiger partial charge in [0.15, 0.2) is 0 Å². The molecular weight excluding hydrogens is 178 g/mol. The maximum Gasteiger partial charge on any atom is 0.330 e. The molecule has 0 spiro atoms. The number of nitrogens with zero attached hydrogens (tertiary/aromatic N) is 1. The quantitative estimate of drug-likeness (QED) is 0.194. The highest BCUT2D eigenvalue weighted by atomic mass is 16.9. The van der Waals surface area contributed by atoms with Gasteiger partial charge in [-0.15, -0.1) is 10.1 Å². The summed E-state index contributed by atoms with van der Waals surface area (Å²) in [5.41, 5.74) is 0. The summed E-state index contributed by atoms with van der Waals surface area (Å²) in [6.07, 6.45) is 2.08. The van der Waals surface area contributed by atoms with Gasteiger partial charge in [-0.3, -0.25) is 0 Å². The minimum atomic E-state index is -0.851. The Balaban J connectivity index is 3.12. The van der Waals surface area contributed by atoms with Gasteiger partial charge in [0.05, 0.1) is 13.2 Å². The molecule has 0 aliphatic heterocycles. The van der Waals surface area contributed by atoms with Crippen molar-refractivity contribution in [3.63, 3.8) is 0 Å². The first kappa shape index (κ1) is 11.4. The van der Waals surface area contributed by atoms with Gasteiger partial charge in [0, 0.05) is 6.08 Å². The maximum absolute atomic E-state index is 10.5. The van der Waals surface area contributed by atoms with Crippen LogP contribution in [0.15, 0.2) is 12.7 Å². The third-order valence-electron chi connectivity index (χ3n) is 1.15. The smallest absolute Gasteiger partial charge is 0.330 e. The van der Waals surface area contributed by atoms with E-state index < -0.39 is 11.1 Å². The fourth-order valence-corrected chi connectivity index (χ4v) is 0.575. The summed E-state index contributed by atoms with van der Waals surface area (Å²) >= 11 is 0. The average molecular weight is 189 g/mol. The first-order valence-corrected chi connectivity index (χ1v) is 3.73. The molecule has 0 atom stereocenters. The maximum atomic E-state index is 10.5. The van der Waals surface area contributed by atoms with E-state index in [1.165, 1.54) is 0 Å². The van der Waals surface area contributed by atoms with Crippen LogP contribution in [0.5, 0.6) is 0 Å². The molecule has 0 radical (unpaired) electrons. The van der Waals surface area contributed by atoms with Crippen LogP contribution in [0.4, 0.5) is 0 Å². The Morgan fingerprint density at radius 1 is 1.46 bits per heavy atom. The van der Waals surface area contributed by atoms with Crippen molar-refractivity contribution >= 4 is 5.97 Å². The van der Waals surface area contributed by atoms with E-state index in [0.29, 0.717) is 12.8 Å². The highest BCUT2D eigenvalue weighted by molar-refractivity contribution is 5.81. The largest absolute Gasteiger partial charge is 0.463 e. The molecule has 0 unspecified atom stereocenters. The molecule has 0 fully saturated rings. The normalized spacial score (nSPS) is 8.92. The Kier molecular flexibility index (Phi) is 6.21. The molecule has 0 saturated heterocycles. The third kappa shape index (κ3) is 8.32. The summed E-state index contributed by atoms with van der Waals surface area (Å²) in [4.78, 5) is 24.2. The Hall–Kier alpha value is -1.59. The van der Waals surface area contributed by atoms with E-state index in [1.807, 2.05) is 0 Å². The van der Waals surface area contributed by atoms with E-state index in [1.54, 1.807) is 0 Å². The number of ether oxygens (including phenoxy) is 1. The van der Waals surface area contributed by atoms with Crippen molar-refractivity contribution in [1.29, 1.82) is 0 Å². The summed E-state index contributed by atoms with van der Waals surface area (Å²) in [5.74, 6) is -0.491. The molecule has 13 heavy (non-hydrogen) atoms. The Labute approximate surface area is 75.2 Å². The molecule has 0 bridgehead atoms. The SMILES string of the molecule is C=CC(=O)OCCCCO[N+](=O)[O-]. The molecule has 0 aliphatic rings. The third-order valence-corrected chi connectivity index (χ3v) is 1.15. The van der Waals surface area contributed by atoms with Gasteiger partial charge in [-0.1, -0.05) is 6.58 Å². The van der Waals surface area contributed by atoms with Crippen LogP contribution in [0.25, 0.3) is 0 Å². The number of rotatable bonds is 7. The zero-order chi connectivity index (χ0) is 10.1. The second-order valence-corrected chi connectivity index (χ2v) is 2.14. The predicted molar refractivity (Wildman–Crippen MR) is 43.3 cm³/mol. The molecule has 6 heteroatoms. The number of carbonyl (C=O) groups is 1. The van der Waals surface area contributed by atoms with Crippen molar-refractivity contribution in [1.82, 2.24) is 0 Å². The Bertz CT molecular complexity index is 191. The molecule has 0 aromatic rings. The summed E-state index contributed by atoms with van der Waals surface area (Å²) in [5, 5.41) is 8.82. The van der Waals surface area contributed by atoms with E-state index in [-0.39, 0.29) is 13.2 Å². The van der Waals surface area contributed by atoms with Gasteiger partial charge in [0.2, 0.25) is 0 Å². The van der Waals surface area contributed by atoms with Crippen LogP contribution in [0.1, 0.15) is 12.8 Å². The van der Waals surface area contributed by atoms with Crippen molar-refractivity contribution in [2.24, 2.45) is 0 Å². The molecule has 0 amide bonds. The highest BCUT2D eigenvalue weighted by Crippen LogP contribution is 1.92. The molecule has 0 saturated carbocycles. The Morgan fingerprint density at radius 3 is 2.62 bits per heavy atom. The fourth-order valence-electron chi connectivity index (χ4n) is 0.575. The molecule has 6 nitrogen and oxygen atoms in total. The zero-order valence-electron chi connectivity index (χ0n) is 7.10. The van der Waals surface area contributed by atoms with Gasteiger partial charge in [-0.2, -0.15) is 0 Å². The van der Waals surface area contributed by atoms with Crippen LogP contribution in [-0.4, -0.2) is 24.3 Å².